The zero-order valence-corrected chi connectivity index (χ0v) is 14.8. The standard InChI is InChI=1S/C17H12Cl3N3O/c1-24-17(21)14-9-16(10-2-4-11(18)5-3-10)23(22-14)15-7-6-12(19)8-13(15)20/h2-9,21H,1H3. The van der Waals surface area contributed by atoms with E-state index in [2.05, 4.69) is 5.10 Å². The summed E-state index contributed by atoms with van der Waals surface area (Å²) in [5.41, 5.74) is 2.69. The van der Waals surface area contributed by atoms with Gasteiger partial charge in [-0.05, 0) is 36.4 Å². The van der Waals surface area contributed by atoms with Gasteiger partial charge in [-0.3, -0.25) is 5.41 Å². The maximum absolute atomic E-state index is 7.86. The molecule has 0 atom stereocenters. The Bertz CT molecular complexity index is 904. The first kappa shape index (κ1) is 16.8. The van der Waals surface area contributed by atoms with Gasteiger partial charge in [0.1, 0.15) is 5.69 Å². The summed E-state index contributed by atoms with van der Waals surface area (Å²) in [6.07, 6.45) is 0. The molecule has 3 aromatic rings. The Morgan fingerprint density at radius 3 is 2.29 bits per heavy atom. The number of ether oxygens (including phenoxy) is 1. The van der Waals surface area contributed by atoms with Gasteiger partial charge in [0, 0.05) is 15.6 Å². The second-order valence-corrected chi connectivity index (χ2v) is 6.24. The van der Waals surface area contributed by atoms with E-state index in [1.165, 1.54) is 7.11 Å². The second kappa shape index (κ2) is 6.85. The molecule has 24 heavy (non-hydrogen) atoms. The highest BCUT2D eigenvalue weighted by atomic mass is 35.5. The molecule has 0 aliphatic rings. The number of nitrogens with zero attached hydrogens (tertiary/aromatic N) is 2. The number of benzene rings is 2. The van der Waals surface area contributed by atoms with Gasteiger partial charge in [-0.1, -0.05) is 46.9 Å². The highest BCUT2D eigenvalue weighted by Gasteiger charge is 2.17. The monoisotopic (exact) mass is 379 g/mol. The van der Waals surface area contributed by atoms with Crippen molar-refractivity contribution in [2.24, 2.45) is 0 Å². The summed E-state index contributed by atoms with van der Waals surface area (Å²) in [5, 5.41) is 13.9. The fraction of sp³-hybridized carbons (Fsp3) is 0.0588. The fourth-order valence-corrected chi connectivity index (χ4v) is 2.87. The maximum atomic E-state index is 7.86. The summed E-state index contributed by atoms with van der Waals surface area (Å²) in [4.78, 5) is 0. The van der Waals surface area contributed by atoms with Crippen LogP contribution < -0.4 is 0 Å². The summed E-state index contributed by atoms with van der Waals surface area (Å²) < 4.78 is 6.63. The van der Waals surface area contributed by atoms with Crippen molar-refractivity contribution in [1.29, 1.82) is 5.41 Å². The molecule has 0 spiro atoms. The lowest BCUT2D eigenvalue weighted by Crippen LogP contribution is -2.05. The topological polar surface area (TPSA) is 50.9 Å². The van der Waals surface area contributed by atoms with Crippen LogP contribution in [0.3, 0.4) is 0 Å². The molecule has 2 aromatic carbocycles. The van der Waals surface area contributed by atoms with Crippen molar-refractivity contribution in [3.05, 3.63) is 69.3 Å². The van der Waals surface area contributed by atoms with Gasteiger partial charge < -0.3 is 4.74 Å². The summed E-state index contributed by atoms with van der Waals surface area (Å²) in [6, 6.07) is 14.2. The Kier molecular flexibility index (Phi) is 4.81. The predicted molar refractivity (Wildman–Crippen MR) is 97.9 cm³/mol. The van der Waals surface area contributed by atoms with E-state index in [0.29, 0.717) is 26.4 Å². The lowest BCUT2D eigenvalue weighted by atomic mass is 10.1. The molecule has 0 amide bonds. The first-order valence-electron chi connectivity index (χ1n) is 6.94. The van der Waals surface area contributed by atoms with Crippen LogP contribution in [0.25, 0.3) is 16.9 Å². The van der Waals surface area contributed by atoms with E-state index in [4.69, 9.17) is 44.9 Å². The van der Waals surface area contributed by atoms with Gasteiger partial charge in [0.25, 0.3) is 0 Å². The van der Waals surface area contributed by atoms with E-state index in [1.807, 2.05) is 12.1 Å². The lowest BCUT2D eigenvalue weighted by molar-refractivity contribution is 0.399. The van der Waals surface area contributed by atoms with Crippen molar-refractivity contribution >= 4 is 40.7 Å². The van der Waals surface area contributed by atoms with Crippen LogP contribution in [0, 0.1) is 5.41 Å². The van der Waals surface area contributed by atoms with Gasteiger partial charge >= 0.3 is 0 Å². The van der Waals surface area contributed by atoms with Crippen molar-refractivity contribution < 1.29 is 4.74 Å². The predicted octanol–water partition coefficient (Wildman–Crippen LogP) is 5.47. The number of methoxy groups -OCH3 is 1. The summed E-state index contributed by atoms with van der Waals surface area (Å²) in [7, 11) is 1.43. The molecule has 0 saturated carbocycles. The van der Waals surface area contributed by atoms with Crippen LogP contribution in [-0.4, -0.2) is 22.8 Å². The molecule has 1 aromatic heterocycles. The van der Waals surface area contributed by atoms with E-state index in [0.717, 1.165) is 11.3 Å². The van der Waals surface area contributed by atoms with Crippen molar-refractivity contribution in [3.63, 3.8) is 0 Å². The van der Waals surface area contributed by atoms with E-state index >= 15 is 0 Å². The quantitative estimate of drug-likeness (QED) is 0.484. The lowest BCUT2D eigenvalue weighted by Gasteiger charge is -2.10. The number of halogens is 3. The van der Waals surface area contributed by atoms with Gasteiger partial charge in [-0.2, -0.15) is 5.10 Å². The van der Waals surface area contributed by atoms with Gasteiger partial charge in [0.2, 0.25) is 5.90 Å². The number of aromatic nitrogens is 2. The number of nitrogens with one attached hydrogen (secondary N) is 1. The summed E-state index contributed by atoms with van der Waals surface area (Å²) in [6.45, 7) is 0. The molecule has 0 unspecified atom stereocenters. The number of rotatable bonds is 3. The van der Waals surface area contributed by atoms with E-state index in [9.17, 15) is 0 Å². The molecule has 122 valence electrons. The third-order valence-electron chi connectivity index (χ3n) is 3.42. The van der Waals surface area contributed by atoms with Gasteiger partial charge in [0.05, 0.1) is 23.5 Å². The van der Waals surface area contributed by atoms with Gasteiger partial charge in [-0.25, -0.2) is 4.68 Å². The van der Waals surface area contributed by atoms with Crippen LogP contribution in [0.5, 0.6) is 0 Å². The van der Waals surface area contributed by atoms with Crippen molar-refractivity contribution in [2.75, 3.05) is 7.11 Å². The van der Waals surface area contributed by atoms with Crippen LogP contribution >= 0.6 is 34.8 Å². The Balaban J connectivity index is 2.21. The van der Waals surface area contributed by atoms with Crippen LogP contribution in [0.4, 0.5) is 0 Å². The summed E-state index contributed by atoms with van der Waals surface area (Å²) >= 11 is 18.3. The first-order chi connectivity index (χ1) is 11.5. The molecule has 1 heterocycles. The van der Waals surface area contributed by atoms with E-state index < -0.39 is 0 Å². The molecule has 0 radical (unpaired) electrons. The average molecular weight is 381 g/mol. The van der Waals surface area contributed by atoms with Gasteiger partial charge in [-0.15, -0.1) is 0 Å². The minimum absolute atomic E-state index is 0.0333. The molecule has 4 nitrogen and oxygen atoms in total. The SMILES string of the molecule is COC(=N)c1cc(-c2ccc(Cl)cc2)n(-c2ccc(Cl)cc2Cl)n1. The third-order valence-corrected chi connectivity index (χ3v) is 4.21. The minimum atomic E-state index is -0.0333. The molecule has 0 fully saturated rings. The molecular weight excluding hydrogens is 369 g/mol. The Hall–Kier alpha value is -2.01. The highest BCUT2D eigenvalue weighted by molar-refractivity contribution is 6.35. The van der Waals surface area contributed by atoms with Gasteiger partial charge in [0.15, 0.2) is 0 Å². The molecule has 0 aliphatic carbocycles. The Labute approximate surface area is 154 Å². The summed E-state index contributed by atoms with van der Waals surface area (Å²) in [5.74, 6) is -0.0333. The second-order valence-electron chi connectivity index (χ2n) is 4.96. The molecule has 3 rings (SSSR count). The molecule has 7 heteroatoms. The van der Waals surface area contributed by atoms with Crippen LogP contribution in [-0.2, 0) is 4.74 Å². The highest BCUT2D eigenvalue weighted by Crippen LogP contribution is 2.30. The van der Waals surface area contributed by atoms with Crippen LogP contribution in [0.1, 0.15) is 5.69 Å². The van der Waals surface area contributed by atoms with E-state index in [1.54, 1.807) is 41.1 Å². The minimum Gasteiger partial charge on any atom is -0.480 e. The van der Waals surface area contributed by atoms with Crippen LogP contribution in [0.15, 0.2) is 48.5 Å². The van der Waals surface area contributed by atoms with Crippen LogP contribution in [0.2, 0.25) is 15.1 Å². The zero-order valence-electron chi connectivity index (χ0n) is 12.6. The largest absolute Gasteiger partial charge is 0.480 e. The van der Waals surface area contributed by atoms with Crippen molar-refractivity contribution in [2.45, 2.75) is 0 Å². The number of hydrogen-bond acceptors (Lipinski definition) is 3. The average Bonchev–Trinajstić information content (AvgIpc) is 3.00. The zero-order chi connectivity index (χ0) is 17.3. The molecule has 0 saturated heterocycles. The van der Waals surface area contributed by atoms with E-state index in [-0.39, 0.29) is 5.90 Å². The smallest absolute Gasteiger partial charge is 0.234 e. The Morgan fingerprint density at radius 1 is 1.00 bits per heavy atom. The normalized spacial score (nSPS) is 10.7. The molecular formula is C17H12Cl3N3O. The Morgan fingerprint density at radius 2 is 1.67 bits per heavy atom. The third kappa shape index (κ3) is 3.26. The fourth-order valence-electron chi connectivity index (χ4n) is 2.26. The first-order valence-corrected chi connectivity index (χ1v) is 8.07. The van der Waals surface area contributed by atoms with Crippen molar-refractivity contribution in [3.8, 4) is 16.9 Å². The molecule has 0 bridgehead atoms. The number of hydrogen-bond donors (Lipinski definition) is 1. The molecule has 1 N–H and O–H groups in total. The maximum Gasteiger partial charge on any atom is 0.234 e. The van der Waals surface area contributed by atoms with Crippen molar-refractivity contribution in [1.82, 2.24) is 9.78 Å². The molecule has 0 aliphatic heterocycles.